The number of benzene rings is 2. The van der Waals surface area contributed by atoms with Crippen LogP contribution >= 0.6 is 11.8 Å². The van der Waals surface area contributed by atoms with Crippen molar-refractivity contribution in [1.29, 1.82) is 0 Å². The van der Waals surface area contributed by atoms with Gasteiger partial charge in [-0.1, -0.05) is 43.7 Å². The zero-order chi connectivity index (χ0) is 23.4. The van der Waals surface area contributed by atoms with E-state index in [-0.39, 0.29) is 34.9 Å². The van der Waals surface area contributed by atoms with Crippen LogP contribution in [0.5, 0.6) is 0 Å². The van der Waals surface area contributed by atoms with E-state index in [1.165, 1.54) is 21.0 Å². The van der Waals surface area contributed by atoms with E-state index in [0.717, 1.165) is 29.7 Å². The van der Waals surface area contributed by atoms with Crippen LogP contribution in [-0.4, -0.2) is 49.4 Å². The standard InChI is InChI=1S/C24H29N3O4S2/c1-18-14-24(29)27(17-23(28)25-16-19-8-4-2-5-9-19)21-15-20(10-11-22(21)32-18)33(30,31)26-12-6-3-7-13-26/h2,4-5,8-11,15,18H,3,6-7,12-14,16-17H2,1H3,(H,25,28)/t18-/m1/s1. The normalized spacial score (nSPS) is 19.6. The first kappa shape index (κ1) is 23.8. The number of thioether (sulfide) groups is 1. The van der Waals surface area contributed by atoms with Gasteiger partial charge in [-0.05, 0) is 36.6 Å². The lowest BCUT2D eigenvalue weighted by Crippen LogP contribution is -2.41. The number of sulfonamides is 1. The Morgan fingerprint density at radius 1 is 1.09 bits per heavy atom. The predicted octanol–water partition coefficient (Wildman–Crippen LogP) is 3.39. The first-order chi connectivity index (χ1) is 15.8. The van der Waals surface area contributed by atoms with Gasteiger partial charge in [-0.3, -0.25) is 9.59 Å². The van der Waals surface area contributed by atoms with Crippen LogP contribution in [0.3, 0.4) is 0 Å². The van der Waals surface area contributed by atoms with Crippen molar-refractivity contribution in [3.05, 3.63) is 54.1 Å². The predicted molar refractivity (Wildman–Crippen MR) is 130 cm³/mol. The number of nitrogens with zero attached hydrogens (tertiary/aromatic N) is 2. The maximum Gasteiger partial charge on any atom is 0.243 e. The van der Waals surface area contributed by atoms with Crippen molar-refractivity contribution in [1.82, 2.24) is 9.62 Å². The number of rotatable bonds is 6. The van der Waals surface area contributed by atoms with Gasteiger partial charge in [-0.2, -0.15) is 4.31 Å². The number of piperidine rings is 1. The molecule has 4 rings (SSSR count). The Kier molecular flexibility index (Phi) is 7.41. The number of fused-ring (bicyclic) bond motifs is 1. The molecule has 0 unspecified atom stereocenters. The van der Waals surface area contributed by atoms with Crippen molar-refractivity contribution in [3.8, 4) is 0 Å². The lowest BCUT2D eigenvalue weighted by Gasteiger charge is -2.27. The van der Waals surface area contributed by atoms with Crippen molar-refractivity contribution in [3.63, 3.8) is 0 Å². The van der Waals surface area contributed by atoms with Crippen molar-refractivity contribution in [2.24, 2.45) is 0 Å². The minimum Gasteiger partial charge on any atom is -0.350 e. The highest BCUT2D eigenvalue weighted by molar-refractivity contribution is 8.00. The zero-order valence-electron chi connectivity index (χ0n) is 18.7. The van der Waals surface area contributed by atoms with Gasteiger partial charge in [0.05, 0.1) is 10.6 Å². The quantitative estimate of drug-likeness (QED) is 0.675. The molecule has 7 nitrogen and oxygen atoms in total. The minimum atomic E-state index is -3.65. The SMILES string of the molecule is C[C@@H]1CC(=O)N(CC(=O)NCc2ccccc2)c2cc(S(=O)(=O)N3CCCCC3)ccc2S1. The van der Waals surface area contributed by atoms with Gasteiger partial charge in [0.2, 0.25) is 21.8 Å². The molecule has 2 amide bonds. The summed E-state index contributed by atoms with van der Waals surface area (Å²) in [4.78, 5) is 28.2. The molecule has 9 heteroatoms. The van der Waals surface area contributed by atoms with Gasteiger partial charge in [-0.15, -0.1) is 11.8 Å². The Bertz CT molecular complexity index is 1120. The molecule has 1 fully saturated rings. The molecule has 2 aromatic carbocycles. The molecule has 0 radical (unpaired) electrons. The summed E-state index contributed by atoms with van der Waals surface area (Å²) in [5, 5.41) is 2.89. The fourth-order valence-electron chi connectivity index (χ4n) is 4.14. The second-order valence-electron chi connectivity index (χ2n) is 8.47. The summed E-state index contributed by atoms with van der Waals surface area (Å²) in [6.45, 7) is 3.19. The third-order valence-electron chi connectivity index (χ3n) is 5.90. The molecule has 2 aliphatic heterocycles. The molecular weight excluding hydrogens is 458 g/mol. The van der Waals surface area contributed by atoms with Crippen LogP contribution in [0, 0.1) is 0 Å². The van der Waals surface area contributed by atoms with E-state index in [4.69, 9.17) is 0 Å². The molecule has 176 valence electrons. The van der Waals surface area contributed by atoms with Crippen molar-refractivity contribution in [2.75, 3.05) is 24.5 Å². The van der Waals surface area contributed by atoms with Crippen molar-refractivity contribution < 1.29 is 18.0 Å². The molecule has 1 atom stereocenters. The van der Waals surface area contributed by atoms with Gasteiger partial charge >= 0.3 is 0 Å². The molecular formula is C24H29N3O4S2. The Hall–Kier alpha value is -2.36. The second-order valence-corrected chi connectivity index (χ2v) is 11.9. The van der Waals surface area contributed by atoms with Crippen LogP contribution < -0.4 is 10.2 Å². The average molecular weight is 488 g/mol. The molecule has 1 N–H and O–H groups in total. The van der Waals surface area contributed by atoms with Crippen LogP contribution in [0.2, 0.25) is 0 Å². The van der Waals surface area contributed by atoms with E-state index in [0.29, 0.717) is 25.3 Å². The van der Waals surface area contributed by atoms with Crippen LogP contribution in [0.1, 0.15) is 38.2 Å². The second kappa shape index (κ2) is 10.3. The Balaban J connectivity index is 1.59. The Morgan fingerprint density at radius 3 is 2.55 bits per heavy atom. The van der Waals surface area contributed by atoms with Gasteiger partial charge in [-0.25, -0.2) is 8.42 Å². The molecule has 0 bridgehead atoms. The van der Waals surface area contributed by atoms with E-state index in [1.54, 1.807) is 18.2 Å². The molecule has 2 heterocycles. The molecule has 0 saturated carbocycles. The zero-order valence-corrected chi connectivity index (χ0v) is 20.3. The highest BCUT2D eigenvalue weighted by Crippen LogP contribution is 2.39. The average Bonchev–Trinajstić information content (AvgIpc) is 2.93. The number of amides is 2. The van der Waals surface area contributed by atoms with Crippen LogP contribution in [0.25, 0.3) is 0 Å². The fourth-order valence-corrected chi connectivity index (χ4v) is 6.77. The van der Waals surface area contributed by atoms with E-state index >= 15 is 0 Å². The highest BCUT2D eigenvalue weighted by Gasteiger charge is 2.31. The van der Waals surface area contributed by atoms with E-state index in [1.807, 2.05) is 37.3 Å². The summed E-state index contributed by atoms with van der Waals surface area (Å²) in [6.07, 6.45) is 3.01. The summed E-state index contributed by atoms with van der Waals surface area (Å²) in [5.41, 5.74) is 1.45. The van der Waals surface area contributed by atoms with Crippen LogP contribution in [0.4, 0.5) is 5.69 Å². The van der Waals surface area contributed by atoms with Gasteiger partial charge in [0.1, 0.15) is 6.54 Å². The van der Waals surface area contributed by atoms with Crippen LogP contribution in [0.15, 0.2) is 58.3 Å². The van der Waals surface area contributed by atoms with Gasteiger partial charge in [0, 0.05) is 36.2 Å². The van der Waals surface area contributed by atoms with Crippen molar-refractivity contribution in [2.45, 2.75) is 54.2 Å². The number of anilines is 1. The largest absolute Gasteiger partial charge is 0.350 e. The molecule has 33 heavy (non-hydrogen) atoms. The maximum atomic E-state index is 13.2. The highest BCUT2D eigenvalue weighted by atomic mass is 32.2. The lowest BCUT2D eigenvalue weighted by molar-refractivity contribution is -0.123. The summed E-state index contributed by atoms with van der Waals surface area (Å²) >= 11 is 1.53. The molecule has 0 aromatic heterocycles. The monoisotopic (exact) mass is 487 g/mol. The van der Waals surface area contributed by atoms with E-state index in [2.05, 4.69) is 5.32 Å². The first-order valence-corrected chi connectivity index (χ1v) is 13.6. The fraction of sp³-hybridized carbons (Fsp3) is 0.417. The summed E-state index contributed by atoms with van der Waals surface area (Å²) < 4.78 is 28.0. The number of hydrogen-bond donors (Lipinski definition) is 1. The number of hydrogen-bond acceptors (Lipinski definition) is 5. The van der Waals surface area contributed by atoms with Crippen molar-refractivity contribution >= 4 is 39.3 Å². The Labute approximate surface area is 199 Å². The number of carbonyl (C=O) groups is 2. The van der Waals surface area contributed by atoms with Gasteiger partial charge in [0.15, 0.2) is 0 Å². The molecule has 0 aliphatic carbocycles. The topological polar surface area (TPSA) is 86.8 Å². The first-order valence-electron chi connectivity index (χ1n) is 11.3. The van der Waals surface area contributed by atoms with Crippen LogP contribution in [-0.2, 0) is 26.2 Å². The summed E-state index contributed by atoms with van der Waals surface area (Å²) in [7, 11) is -3.65. The third-order valence-corrected chi connectivity index (χ3v) is 8.96. The molecule has 0 spiro atoms. The third kappa shape index (κ3) is 5.59. The maximum absolute atomic E-state index is 13.2. The minimum absolute atomic E-state index is 0.0261. The number of carbonyl (C=O) groups excluding carboxylic acids is 2. The molecule has 1 saturated heterocycles. The summed E-state index contributed by atoms with van der Waals surface area (Å²) in [5.74, 6) is -0.474. The lowest BCUT2D eigenvalue weighted by atomic mass is 10.2. The smallest absolute Gasteiger partial charge is 0.243 e. The van der Waals surface area contributed by atoms with Gasteiger partial charge in [0.25, 0.3) is 0 Å². The summed E-state index contributed by atoms with van der Waals surface area (Å²) in [6, 6.07) is 14.5. The molecule has 2 aromatic rings. The Morgan fingerprint density at radius 2 is 1.82 bits per heavy atom. The molecule has 2 aliphatic rings. The van der Waals surface area contributed by atoms with E-state index < -0.39 is 10.0 Å². The van der Waals surface area contributed by atoms with E-state index in [9.17, 15) is 18.0 Å². The number of nitrogens with one attached hydrogen (secondary N) is 1. The van der Waals surface area contributed by atoms with Gasteiger partial charge < -0.3 is 10.2 Å².